The van der Waals surface area contributed by atoms with Gasteiger partial charge in [0.1, 0.15) is 0 Å². The Kier molecular flexibility index (Phi) is 3.13. The van der Waals surface area contributed by atoms with Crippen molar-refractivity contribution >= 4 is 0 Å². The van der Waals surface area contributed by atoms with Crippen LogP contribution in [0.4, 0.5) is 13.2 Å². The monoisotopic (exact) mass is 255 g/mol. The van der Waals surface area contributed by atoms with Crippen molar-refractivity contribution in [2.24, 2.45) is 12.8 Å². The van der Waals surface area contributed by atoms with Crippen molar-refractivity contribution in [3.8, 4) is 11.1 Å². The predicted molar refractivity (Wildman–Crippen MR) is 61.5 cm³/mol. The van der Waals surface area contributed by atoms with E-state index in [1.807, 2.05) is 0 Å². The van der Waals surface area contributed by atoms with E-state index in [0.717, 1.165) is 12.1 Å². The lowest BCUT2D eigenvalue weighted by atomic mass is 10.0. The van der Waals surface area contributed by atoms with E-state index in [-0.39, 0.29) is 6.54 Å². The first kappa shape index (κ1) is 12.6. The van der Waals surface area contributed by atoms with E-state index >= 15 is 0 Å². The molecule has 1 aromatic carbocycles. The van der Waals surface area contributed by atoms with Crippen molar-refractivity contribution in [2.75, 3.05) is 0 Å². The highest BCUT2D eigenvalue weighted by Crippen LogP contribution is 2.32. The van der Waals surface area contributed by atoms with Gasteiger partial charge in [-0.25, -0.2) is 0 Å². The van der Waals surface area contributed by atoms with Crippen LogP contribution in [0.2, 0.25) is 0 Å². The van der Waals surface area contributed by atoms with Crippen LogP contribution in [-0.2, 0) is 19.8 Å². The molecule has 96 valence electrons. The molecule has 0 fully saturated rings. The van der Waals surface area contributed by atoms with Gasteiger partial charge in [-0.05, 0) is 17.7 Å². The summed E-state index contributed by atoms with van der Waals surface area (Å²) in [6.45, 7) is 0.187. The van der Waals surface area contributed by atoms with Crippen LogP contribution in [0, 0.1) is 0 Å². The molecule has 0 saturated carbocycles. The number of nitrogens with zero attached hydrogens (tertiary/aromatic N) is 2. The number of halogens is 3. The van der Waals surface area contributed by atoms with E-state index in [1.54, 1.807) is 19.3 Å². The molecule has 0 aliphatic heterocycles. The third-order valence-corrected chi connectivity index (χ3v) is 2.60. The first-order valence-corrected chi connectivity index (χ1v) is 5.32. The van der Waals surface area contributed by atoms with Crippen molar-refractivity contribution in [3.63, 3.8) is 0 Å². The molecule has 0 amide bonds. The Labute approximate surface area is 102 Å². The van der Waals surface area contributed by atoms with Crippen LogP contribution in [0.5, 0.6) is 0 Å². The highest BCUT2D eigenvalue weighted by atomic mass is 19.4. The summed E-state index contributed by atoms with van der Waals surface area (Å²) in [5, 5.41) is 4.11. The third kappa shape index (κ3) is 2.38. The second-order valence-corrected chi connectivity index (χ2v) is 3.95. The summed E-state index contributed by atoms with van der Waals surface area (Å²) in [6, 6.07) is 5.15. The fourth-order valence-electron chi connectivity index (χ4n) is 1.79. The van der Waals surface area contributed by atoms with Gasteiger partial charge in [0.15, 0.2) is 0 Å². The minimum atomic E-state index is -4.35. The van der Waals surface area contributed by atoms with Crippen molar-refractivity contribution in [1.82, 2.24) is 9.78 Å². The van der Waals surface area contributed by atoms with Gasteiger partial charge in [-0.15, -0.1) is 0 Å². The van der Waals surface area contributed by atoms with Crippen molar-refractivity contribution in [2.45, 2.75) is 12.7 Å². The summed E-state index contributed by atoms with van der Waals surface area (Å²) in [7, 11) is 1.70. The molecule has 0 aliphatic carbocycles. The molecular weight excluding hydrogens is 243 g/mol. The maximum atomic E-state index is 12.6. The van der Waals surface area contributed by atoms with Crippen molar-refractivity contribution in [1.29, 1.82) is 0 Å². The Morgan fingerprint density at radius 3 is 2.67 bits per heavy atom. The van der Waals surface area contributed by atoms with Crippen molar-refractivity contribution < 1.29 is 13.2 Å². The van der Waals surface area contributed by atoms with Crippen molar-refractivity contribution in [3.05, 3.63) is 41.7 Å². The van der Waals surface area contributed by atoms with E-state index in [1.165, 1.54) is 10.7 Å². The lowest BCUT2D eigenvalue weighted by Gasteiger charge is -2.08. The number of hydrogen-bond acceptors (Lipinski definition) is 2. The standard InChI is InChI=1S/C12H12F3N3/c1-18-7-10(11(6-16)17-18)8-3-2-4-9(5-8)12(13,14)15/h2-5,7H,6,16H2,1H3. The molecule has 2 N–H and O–H groups in total. The zero-order valence-corrected chi connectivity index (χ0v) is 9.70. The maximum Gasteiger partial charge on any atom is 0.416 e. The summed E-state index contributed by atoms with van der Waals surface area (Å²) in [5.74, 6) is 0. The van der Waals surface area contributed by atoms with E-state index < -0.39 is 11.7 Å². The van der Waals surface area contributed by atoms with E-state index in [2.05, 4.69) is 5.10 Å². The Bertz CT molecular complexity index is 558. The van der Waals surface area contributed by atoms with Crippen LogP contribution < -0.4 is 5.73 Å². The van der Waals surface area contributed by atoms with Crippen LogP contribution in [0.15, 0.2) is 30.5 Å². The Hall–Kier alpha value is -1.82. The number of nitrogens with two attached hydrogens (primary N) is 1. The molecule has 0 aliphatic rings. The van der Waals surface area contributed by atoms with Gasteiger partial charge in [0, 0.05) is 25.4 Å². The summed E-state index contributed by atoms with van der Waals surface area (Å²) in [6.07, 6.45) is -2.68. The fourth-order valence-corrected chi connectivity index (χ4v) is 1.79. The molecule has 0 atom stereocenters. The molecule has 0 unspecified atom stereocenters. The Balaban J connectivity index is 2.51. The summed E-state index contributed by atoms with van der Waals surface area (Å²) >= 11 is 0. The van der Waals surface area contributed by atoms with Crippen LogP contribution >= 0.6 is 0 Å². The molecule has 2 aromatic rings. The third-order valence-electron chi connectivity index (χ3n) is 2.60. The largest absolute Gasteiger partial charge is 0.416 e. The van der Waals surface area contributed by atoms with Crippen LogP contribution in [0.25, 0.3) is 11.1 Å². The summed E-state index contributed by atoms with van der Waals surface area (Å²) in [4.78, 5) is 0. The molecule has 0 bridgehead atoms. The molecule has 3 nitrogen and oxygen atoms in total. The van der Waals surface area contributed by atoms with Gasteiger partial charge in [0.2, 0.25) is 0 Å². The highest BCUT2D eigenvalue weighted by molar-refractivity contribution is 5.66. The molecular formula is C12H12F3N3. The first-order chi connectivity index (χ1) is 8.41. The number of aromatic nitrogens is 2. The molecule has 2 rings (SSSR count). The lowest BCUT2D eigenvalue weighted by molar-refractivity contribution is -0.137. The van der Waals surface area contributed by atoms with E-state index in [4.69, 9.17) is 5.73 Å². The van der Waals surface area contributed by atoms with Crippen LogP contribution in [0.1, 0.15) is 11.3 Å². The van der Waals surface area contributed by atoms with E-state index in [9.17, 15) is 13.2 Å². The zero-order chi connectivity index (χ0) is 13.3. The number of benzene rings is 1. The van der Waals surface area contributed by atoms with Gasteiger partial charge in [0.25, 0.3) is 0 Å². The zero-order valence-electron chi connectivity index (χ0n) is 9.70. The molecule has 1 heterocycles. The average molecular weight is 255 g/mol. The smallest absolute Gasteiger partial charge is 0.325 e. The second kappa shape index (κ2) is 4.45. The molecule has 18 heavy (non-hydrogen) atoms. The normalized spacial score (nSPS) is 11.8. The lowest BCUT2D eigenvalue weighted by Crippen LogP contribution is -2.05. The Morgan fingerprint density at radius 2 is 2.06 bits per heavy atom. The SMILES string of the molecule is Cn1cc(-c2cccc(C(F)(F)F)c2)c(CN)n1. The van der Waals surface area contributed by atoms with Gasteiger partial charge in [-0.1, -0.05) is 12.1 Å². The average Bonchev–Trinajstić information content (AvgIpc) is 2.69. The topological polar surface area (TPSA) is 43.8 Å². The van der Waals surface area contributed by atoms with Crippen LogP contribution in [0.3, 0.4) is 0 Å². The highest BCUT2D eigenvalue weighted by Gasteiger charge is 2.30. The van der Waals surface area contributed by atoms with Gasteiger partial charge in [0.05, 0.1) is 11.3 Å². The van der Waals surface area contributed by atoms with Gasteiger partial charge < -0.3 is 5.73 Å². The number of alkyl halides is 3. The van der Waals surface area contributed by atoms with Gasteiger partial charge >= 0.3 is 6.18 Å². The number of aryl methyl sites for hydroxylation is 1. The molecule has 0 radical (unpaired) electrons. The quantitative estimate of drug-likeness (QED) is 0.896. The van der Waals surface area contributed by atoms with Crippen LogP contribution in [-0.4, -0.2) is 9.78 Å². The predicted octanol–water partition coefficient (Wildman–Crippen LogP) is 2.56. The number of hydrogen-bond donors (Lipinski definition) is 1. The minimum absolute atomic E-state index is 0.187. The molecule has 1 aromatic heterocycles. The molecule has 0 saturated heterocycles. The fraction of sp³-hybridized carbons (Fsp3) is 0.250. The Morgan fingerprint density at radius 1 is 1.33 bits per heavy atom. The van der Waals surface area contributed by atoms with E-state index in [0.29, 0.717) is 16.8 Å². The van der Waals surface area contributed by atoms with Gasteiger partial charge in [-0.3, -0.25) is 4.68 Å². The summed E-state index contributed by atoms with van der Waals surface area (Å²) < 4.78 is 39.4. The first-order valence-electron chi connectivity index (χ1n) is 5.32. The van der Waals surface area contributed by atoms with Gasteiger partial charge in [-0.2, -0.15) is 18.3 Å². The minimum Gasteiger partial charge on any atom is -0.325 e. The second-order valence-electron chi connectivity index (χ2n) is 3.95. The molecule has 6 heteroatoms. The number of rotatable bonds is 2. The molecule has 0 spiro atoms. The maximum absolute atomic E-state index is 12.6. The summed E-state index contributed by atoms with van der Waals surface area (Å²) in [5.41, 5.74) is 6.53.